The van der Waals surface area contributed by atoms with Gasteiger partial charge in [-0.25, -0.2) is 0 Å². The van der Waals surface area contributed by atoms with Crippen molar-refractivity contribution in [1.82, 2.24) is 0 Å². The van der Waals surface area contributed by atoms with Gasteiger partial charge in [-0.15, -0.1) is 0 Å². The van der Waals surface area contributed by atoms with Crippen LogP contribution in [0.2, 0.25) is 0 Å². The summed E-state index contributed by atoms with van der Waals surface area (Å²) in [5.41, 5.74) is -0.463. The van der Waals surface area contributed by atoms with Crippen LogP contribution in [0.25, 0.3) is 0 Å². The maximum absolute atomic E-state index is 11.6. The van der Waals surface area contributed by atoms with Crippen molar-refractivity contribution in [1.29, 1.82) is 0 Å². The number of rotatable bonds is 3. The Morgan fingerprint density at radius 3 is 2.65 bits per heavy atom. The van der Waals surface area contributed by atoms with Crippen molar-refractivity contribution in [3.05, 3.63) is 34.0 Å². The number of ketones is 1. The molecule has 0 saturated carbocycles. The maximum Gasteiger partial charge on any atom is 0.429 e. The number of halogens is 3. The van der Waals surface area contributed by atoms with E-state index in [0.717, 1.165) is 12.2 Å². The monoisotopic (exact) mass is 250 g/mol. The first-order chi connectivity index (χ1) is 7.79. The number of oxime groups is 1. The van der Waals surface area contributed by atoms with Crippen molar-refractivity contribution in [3.63, 3.8) is 0 Å². The van der Waals surface area contributed by atoms with Gasteiger partial charge in [-0.2, -0.15) is 13.2 Å². The third kappa shape index (κ3) is 4.05. The van der Waals surface area contributed by atoms with E-state index >= 15 is 0 Å². The number of hydrogen-bond acceptors (Lipinski definition) is 5. The van der Waals surface area contributed by atoms with E-state index in [4.69, 9.17) is 0 Å². The molecule has 0 heterocycles. The summed E-state index contributed by atoms with van der Waals surface area (Å²) in [5.74, 6) is -0.849. The van der Waals surface area contributed by atoms with Gasteiger partial charge in [0, 0.05) is 6.08 Å². The van der Waals surface area contributed by atoms with Crippen LogP contribution >= 0.6 is 0 Å². The zero-order valence-corrected chi connectivity index (χ0v) is 8.05. The molecule has 0 aromatic carbocycles. The molecular weight excluding hydrogens is 245 g/mol. The van der Waals surface area contributed by atoms with Crippen molar-refractivity contribution in [2.24, 2.45) is 5.16 Å². The van der Waals surface area contributed by atoms with Gasteiger partial charge in [-0.1, -0.05) is 5.16 Å². The summed E-state index contributed by atoms with van der Waals surface area (Å²) in [6.07, 6.45) is -3.89. The minimum Gasteiger partial charge on any atom is -0.380 e. The third-order valence-corrected chi connectivity index (χ3v) is 1.60. The standard InChI is InChI=1S/C8H5F3N2O4/c9-8(10,11)4-12-17-7-2-1-5(13(15)16)3-6(7)14/h1-4,7H. The van der Waals surface area contributed by atoms with Crippen LogP contribution in [0, 0.1) is 10.1 Å². The molecule has 0 spiro atoms. The van der Waals surface area contributed by atoms with E-state index in [2.05, 4.69) is 9.99 Å². The zero-order chi connectivity index (χ0) is 13.1. The Morgan fingerprint density at radius 1 is 1.53 bits per heavy atom. The fraction of sp³-hybridized carbons (Fsp3) is 0.250. The van der Waals surface area contributed by atoms with Gasteiger partial charge < -0.3 is 4.84 Å². The lowest BCUT2D eigenvalue weighted by Crippen LogP contribution is -2.23. The summed E-state index contributed by atoms with van der Waals surface area (Å²) < 4.78 is 34.9. The molecule has 92 valence electrons. The molecular formula is C8H5F3N2O4. The second kappa shape index (κ2) is 4.76. The minimum atomic E-state index is -4.65. The van der Waals surface area contributed by atoms with E-state index < -0.39 is 34.9 Å². The summed E-state index contributed by atoms with van der Waals surface area (Å²) in [5, 5.41) is 12.8. The minimum absolute atomic E-state index is 0.430. The van der Waals surface area contributed by atoms with E-state index in [0.29, 0.717) is 6.08 Å². The van der Waals surface area contributed by atoms with Crippen molar-refractivity contribution < 1.29 is 27.7 Å². The second-order valence-electron chi connectivity index (χ2n) is 2.89. The fourth-order valence-electron chi connectivity index (χ4n) is 0.913. The zero-order valence-electron chi connectivity index (χ0n) is 8.05. The Bertz CT molecular complexity index is 425. The molecule has 0 aliphatic heterocycles. The van der Waals surface area contributed by atoms with Crippen molar-refractivity contribution in [2.75, 3.05) is 0 Å². The van der Waals surface area contributed by atoms with Gasteiger partial charge in [0.25, 0.3) is 5.70 Å². The lowest BCUT2D eigenvalue weighted by molar-refractivity contribution is -0.419. The van der Waals surface area contributed by atoms with Crippen LogP contribution in [0.4, 0.5) is 13.2 Å². The van der Waals surface area contributed by atoms with Crippen LogP contribution in [0.1, 0.15) is 0 Å². The summed E-state index contributed by atoms with van der Waals surface area (Å²) in [6.45, 7) is 0. The predicted molar refractivity (Wildman–Crippen MR) is 48.6 cm³/mol. The van der Waals surface area contributed by atoms with Crippen LogP contribution in [0.5, 0.6) is 0 Å². The number of carbonyl (C=O) groups excluding carboxylic acids is 1. The van der Waals surface area contributed by atoms with Gasteiger partial charge in [-0.05, 0) is 6.08 Å². The molecule has 6 nitrogen and oxygen atoms in total. The molecule has 0 aromatic rings. The molecule has 9 heteroatoms. The normalized spacial score (nSPS) is 20.5. The Morgan fingerprint density at radius 2 is 2.18 bits per heavy atom. The van der Waals surface area contributed by atoms with Crippen molar-refractivity contribution in [2.45, 2.75) is 12.3 Å². The molecule has 0 radical (unpaired) electrons. The van der Waals surface area contributed by atoms with Crippen LogP contribution in [-0.4, -0.2) is 29.2 Å². The molecule has 1 aliphatic rings. The summed E-state index contributed by atoms with van der Waals surface area (Å²) in [7, 11) is 0. The van der Waals surface area contributed by atoms with Gasteiger partial charge in [0.15, 0.2) is 0 Å². The lowest BCUT2D eigenvalue weighted by Gasteiger charge is -2.09. The first kappa shape index (κ1) is 12.9. The second-order valence-corrected chi connectivity index (χ2v) is 2.89. The Hall–Kier alpha value is -2.19. The molecule has 0 fully saturated rings. The summed E-state index contributed by atoms with van der Waals surface area (Å²) in [4.78, 5) is 24.9. The molecule has 0 bridgehead atoms. The van der Waals surface area contributed by atoms with Gasteiger partial charge in [-0.3, -0.25) is 14.9 Å². The molecule has 17 heavy (non-hydrogen) atoms. The molecule has 0 aromatic heterocycles. The number of allylic oxidation sites excluding steroid dienone is 1. The lowest BCUT2D eigenvalue weighted by atomic mass is 10.1. The van der Waals surface area contributed by atoms with Crippen LogP contribution < -0.4 is 0 Å². The Balaban J connectivity index is 2.62. The topological polar surface area (TPSA) is 81.8 Å². The van der Waals surface area contributed by atoms with Gasteiger partial charge in [0.1, 0.15) is 6.21 Å². The first-order valence-corrected chi connectivity index (χ1v) is 4.15. The van der Waals surface area contributed by atoms with E-state index in [1.165, 1.54) is 0 Å². The quantitative estimate of drug-likeness (QED) is 0.428. The van der Waals surface area contributed by atoms with Crippen LogP contribution in [0.3, 0.4) is 0 Å². The molecule has 1 unspecified atom stereocenters. The summed E-state index contributed by atoms with van der Waals surface area (Å²) >= 11 is 0. The number of alkyl halides is 3. The van der Waals surface area contributed by atoms with Crippen molar-refractivity contribution in [3.8, 4) is 0 Å². The maximum atomic E-state index is 11.6. The SMILES string of the molecule is O=C1C=C([N+](=O)[O-])C=CC1ON=CC(F)(F)F. The average Bonchev–Trinajstić information content (AvgIpc) is 2.18. The smallest absolute Gasteiger partial charge is 0.380 e. The average molecular weight is 250 g/mol. The number of nitro groups is 1. The van der Waals surface area contributed by atoms with E-state index in [-0.39, 0.29) is 0 Å². The largest absolute Gasteiger partial charge is 0.429 e. The molecule has 1 rings (SSSR count). The molecule has 1 aliphatic carbocycles. The number of hydrogen-bond donors (Lipinski definition) is 0. The molecule has 1 atom stereocenters. The molecule has 0 saturated heterocycles. The van der Waals surface area contributed by atoms with E-state index in [1.54, 1.807) is 0 Å². The predicted octanol–water partition coefficient (Wildman–Crippen LogP) is 1.22. The van der Waals surface area contributed by atoms with E-state index in [1.807, 2.05) is 0 Å². The molecule has 0 amide bonds. The van der Waals surface area contributed by atoms with Gasteiger partial charge in [0.2, 0.25) is 11.9 Å². The van der Waals surface area contributed by atoms with Crippen molar-refractivity contribution >= 4 is 12.0 Å². The summed E-state index contributed by atoms with van der Waals surface area (Å²) in [6, 6.07) is 0. The van der Waals surface area contributed by atoms with Gasteiger partial charge >= 0.3 is 6.18 Å². The first-order valence-electron chi connectivity index (χ1n) is 4.15. The number of nitrogens with zero attached hydrogens (tertiary/aromatic N) is 2. The van der Waals surface area contributed by atoms with Crippen LogP contribution in [-0.2, 0) is 9.63 Å². The molecule has 0 N–H and O–H groups in total. The Kier molecular flexibility index (Phi) is 3.61. The van der Waals surface area contributed by atoms with Crippen LogP contribution in [0.15, 0.2) is 29.1 Å². The third-order valence-electron chi connectivity index (χ3n) is 1.60. The highest BCUT2D eigenvalue weighted by molar-refractivity contribution is 5.96. The fourth-order valence-corrected chi connectivity index (χ4v) is 0.913. The van der Waals surface area contributed by atoms with E-state index in [9.17, 15) is 28.1 Å². The Labute approximate surface area is 92.2 Å². The highest BCUT2D eigenvalue weighted by atomic mass is 19.4. The highest BCUT2D eigenvalue weighted by Gasteiger charge is 2.27. The van der Waals surface area contributed by atoms with Gasteiger partial charge in [0.05, 0.1) is 11.0 Å². The highest BCUT2D eigenvalue weighted by Crippen LogP contribution is 2.13. The number of carbonyl (C=O) groups is 1.